The lowest BCUT2D eigenvalue weighted by Gasteiger charge is -2.20. The Morgan fingerprint density at radius 2 is 2.00 bits per heavy atom. The molecule has 0 saturated heterocycles. The van der Waals surface area contributed by atoms with Gasteiger partial charge in [0.15, 0.2) is 0 Å². The molecule has 118 valence electrons. The molecule has 1 heterocycles. The number of sulfonamides is 1. The number of esters is 1. The summed E-state index contributed by atoms with van der Waals surface area (Å²) in [6, 6.07) is 6.21. The van der Waals surface area contributed by atoms with E-state index in [0.29, 0.717) is 0 Å². The van der Waals surface area contributed by atoms with Gasteiger partial charge in [0.05, 0.1) is 24.7 Å². The van der Waals surface area contributed by atoms with Gasteiger partial charge in [-0.05, 0) is 12.1 Å². The summed E-state index contributed by atoms with van der Waals surface area (Å²) in [6.45, 7) is 0. The third kappa shape index (κ3) is 2.67. The molecule has 1 aromatic heterocycles. The van der Waals surface area contributed by atoms with Gasteiger partial charge in [0.2, 0.25) is 5.03 Å². The molecule has 2 aromatic rings. The average Bonchev–Trinajstić information content (AvgIpc) is 2.86. The lowest BCUT2D eigenvalue weighted by molar-refractivity contribution is 0.0601. The number of carbonyl (C=O) groups excluding carboxylic acids is 1. The molecule has 0 amide bonds. The van der Waals surface area contributed by atoms with Gasteiger partial charge in [0.1, 0.15) is 5.15 Å². The van der Waals surface area contributed by atoms with Gasteiger partial charge < -0.3 is 9.30 Å². The van der Waals surface area contributed by atoms with Crippen molar-refractivity contribution in [2.24, 2.45) is 7.05 Å². The zero-order valence-electron chi connectivity index (χ0n) is 12.1. The summed E-state index contributed by atoms with van der Waals surface area (Å²) >= 11 is 5.96. The zero-order valence-corrected chi connectivity index (χ0v) is 13.7. The summed E-state index contributed by atoms with van der Waals surface area (Å²) in [7, 11) is 0.123. The largest absolute Gasteiger partial charge is 0.465 e. The number of imidazole rings is 1. The fourth-order valence-corrected chi connectivity index (χ4v) is 3.46. The van der Waals surface area contributed by atoms with Crippen LogP contribution in [0.5, 0.6) is 0 Å². The number of para-hydroxylation sites is 1. The second kappa shape index (κ2) is 5.98. The molecule has 0 saturated carbocycles. The Morgan fingerprint density at radius 3 is 2.55 bits per heavy atom. The summed E-state index contributed by atoms with van der Waals surface area (Å²) in [5, 5.41) is -0.291. The molecule has 0 N–H and O–H groups in total. The maximum Gasteiger partial charge on any atom is 0.340 e. The molecule has 22 heavy (non-hydrogen) atoms. The van der Waals surface area contributed by atoms with Gasteiger partial charge in [-0.15, -0.1) is 0 Å². The quantitative estimate of drug-likeness (QED) is 0.789. The molecule has 1 aromatic carbocycles. The van der Waals surface area contributed by atoms with E-state index in [1.165, 1.54) is 37.2 Å². The number of ether oxygens (including phenoxy) is 1. The molecule has 2 rings (SSSR count). The van der Waals surface area contributed by atoms with Gasteiger partial charge in [0, 0.05) is 14.1 Å². The smallest absolute Gasteiger partial charge is 0.340 e. The SMILES string of the molecule is COC(=O)c1ccccc1N(C)S(=O)(=O)c1ncn(C)c1Cl. The van der Waals surface area contributed by atoms with Crippen molar-refractivity contribution < 1.29 is 17.9 Å². The third-order valence-corrected chi connectivity index (χ3v) is 5.35. The lowest BCUT2D eigenvalue weighted by atomic mass is 10.2. The number of carbonyl (C=O) groups is 1. The van der Waals surface area contributed by atoms with E-state index < -0.39 is 16.0 Å². The van der Waals surface area contributed by atoms with Crippen LogP contribution in [-0.4, -0.2) is 38.1 Å². The van der Waals surface area contributed by atoms with Gasteiger partial charge in [-0.2, -0.15) is 8.42 Å². The molecular formula is C13H14ClN3O4S. The monoisotopic (exact) mass is 343 g/mol. The summed E-state index contributed by atoms with van der Waals surface area (Å²) < 4.78 is 32.3. The Balaban J connectivity index is 2.55. The number of rotatable bonds is 4. The predicted octanol–water partition coefficient (Wildman–Crippen LogP) is 1.69. The van der Waals surface area contributed by atoms with Crippen LogP contribution in [0.3, 0.4) is 0 Å². The summed E-state index contributed by atoms with van der Waals surface area (Å²) in [4.78, 5) is 15.6. The minimum absolute atomic E-state index is 0.0117. The lowest BCUT2D eigenvalue weighted by Crippen LogP contribution is -2.29. The number of aryl methyl sites for hydroxylation is 1. The van der Waals surface area contributed by atoms with Gasteiger partial charge in [-0.1, -0.05) is 23.7 Å². The number of nitrogens with zero attached hydrogens (tertiary/aromatic N) is 3. The molecule has 0 aliphatic carbocycles. The Labute approximate surface area is 133 Å². The van der Waals surface area contributed by atoms with E-state index >= 15 is 0 Å². The normalized spacial score (nSPS) is 11.3. The Morgan fingerprint density at radius 1 is 1.36 bits per heavy atom. The van der Waals surface area contributed by atoms with Gasteiger partial charge in [0.25, 0.3) is 10.0 Å². The highest BCUT2D eigenvalue weighted by molar-refractivity contribution is 7.92. The standard InChI is InChI=1S/C13H14ClN3O4S/c1-16-8-15-12(11(16)14)22(19,20)17(2)10-7-5-4-6-9(10)13(18)21-3/h4-8H,1-3H3. The molecular weight excluding hydrogens is 330 g/mol. The first-order chi connectivity index (χ1) is 10.3. The highest BCUT2D eigenvalue weighted by atomic mass is 35.5. The second-order valence-electron chi connectivity index (χ2n) is 4.43. The van der Waals surface area contributed by atoms with E-state index in [-0.39, 0.29) is 21.4 Å². The van der Waals surface area contributed by atoms with Crippen molar-refractivity contribution >= 4 is 33.3 Å². The van der Waals surface area contributed by atoms with Crippen molar-refractivity contribution in [2.75, 3.05) is 18.5 Å². The molecule has 0 spiro atoms. The van der Waals surface area contributed by atoms with Crippen molar-refractivity contribution in [3.05, 3.63) is 41.3 Å². The van der Waals surface area contributed by atoms with Gasteiger partial charge in [-0.3, -0.25) is 4.31 Å². The first-order valence-electron chi connectivity index (χ1n) is 6.13. The molecule has 0 aliphatic rings. The molecule has 0 aliphatic heterocycles. The van der Waals surface area contributed by atoms with Crippen molar-refractivity contribution in [1.29, 1.82) is 0 Å². The Hall–Kier alpha value is -2.06. The number of methoxy groups -OCH3 is 1. The number of anilines is 1. The van der Waals surface area contributed by atoms with E-state index in [9.17, 15) is 13.2 Å². The van der Waals surface area contributed by atoms with Crippen LogP contribution in [0.25, 0.3) is 0 Å². The number of hydrogen-bond donors (Lipinski definition) is 0. The minimum Gasteiger partial charge on any atom is -0.465 e. The maximum atomic E-state index is 12.6. The number of hydrogen-bond acceptors (Lipinski definition) is 5. The van der Waals surface area contributed by atoms with Crippen LogP contribution >= 0.6 is 11.6 Å². The van der Waals surface area contributed by atoms with Crippen LogP contribution in [0, 0.1) is 0 Å². The summed E-state index contributed by atoms with van der Waals surface area (Å²) in [5.41, 5.74) is 0.305. The van der Waals surface area contributed by atoms with Crippen molar-refractivity contribution in [3.8, 4) is 0 Å². The Kier molecular flexibility index (Phi) is 4.43. The van der Waals surface area contributed by atoms with Crippen LogP contribution in [0.2, 0.25) is 5.15 Å². The molecule has 9 heteroatoms. The minimum atomic E-state index is -4.00. The van der Waals surface area contributed by atoms with Crippen molar-refractivity contribution in [3.63, 3.8) is 0 Å². The molecule has 0 fully saturated rings. The highest BCUT2D eigenvalue weighted by Crippen LogP contribution is 2.28. The first kappa shape index (κ1) is 16.3. The molecule has 7 nitrogen and oxygen atoms in total. The van der Waals surface area contributed by atoms with Gasteiger partial charge >= 0.3 is 5.97 Å². The summed E-state index contributed by atoms with van der Waals surface area (Å²) in [6.07, 6.45) is 1.30. The van der Waals surface area contributed by atoms with Crippen molar-refractivity contribution in [1.82, 2.24) is 9.55 Å². The van der Waals surface area contributed by atoms with Crippen LogP contribution < -0.4 is 4.31 Å². The molecule has 0 bridgehead atoms. The van der Waals surface area contributed by atoms with E-state index in [1.54, 1.807) is 19.2 Å². The van der Waals surface area contributed by atoms with E-state index in [2.05, 4.69) is 9.72 Å². The van der Waals surface area contributed by atoms with Gasteiger partial charge in [-0.25, -0.2) is 9.78 Å². The fourth-order valence-electron chi connectivity index (χ4n) is 1.86. The average molecular weight is 344 g/mol. The predicted molar refractivity (Wildman–Crippen MR) is 81.6 cm³/mol. The third-order valence-electron chi connectivity index (χ3n) is 3.09. The highest BCUT2D eigenvalue weighted by Gasteiger charge is 2.30. The van der Waals surface area contributed by atoms with E-state index in [0.717, 1.165) is 4.31 Å². The topological polar surface area (TPSA) is 81.5 Å². The number of halogens is 1. The summed E-state index contributed by atoms with van der Waals surface area (Å²) in [5.74, 6) is -0.634. The number of aromatic nitrogens is 2. The molecule has 0 unspecified atom stereocenters. The van der Waals surface area contributed by atoms with Crippen LogP contribution in [-0.2, 0) is 21.8 Å². The van der Waals surface area contributed by atoms with Crippen LogP contribution in [0.15, 0.2) is 35.6 Å². The second-order valence-corrected chi connectivity index (χ2v) is 6.68. The maximum absolute atomic E-state index is 12.6. The zero-order chi connectivity index (χ0) is 16.5. The Bertz CT molecular complexity index is 816. The first-order valence-corrected chi connectivity index (χ1v) is 7.95. The van der Waals surface area contributed by atoms with E-state index in [4.69, 9.17) is 11.6 Å². The fraction of sp³-hybridized carbons (Fsp3) is 0.231. The van der Waals surface area contributed by atoms with E-state index in [1.807, 2.05) is 0 Å². The molecule has 0 radical (unpaired) electrons. The van der Waals surface area contributed by atoms with Crippen molar-refractivity contribution in [2.45, 2.75) is 5.03 Å². The molecule has 0 atom stereocenters. The number of benzene rings is 1. The van der Waals surface area contributed by atoms with Crippen LogP contribution in [0.4, 0.5) is 5.69 Å². The van der Waals surface area contributed by atoms with Crippen LogP contribution in [0.1, 0.15) is 10.4 Å².